The Hall–Kier alpha value is -3.39. The van der Waals surface area contributed by atoms with E-state index in [-0.39, 0.29) is 11.7 Å². The van der Waals surface area contributed by atoms with Gasteiger partial charge in [0.2, 0.25) is 7.14 Å². The molecule has 0 bridgehead atoms. The van der Waals surface area contributed by atoms with Crippen molar-refractivity contribution in [3.63, 3.8) is 0 Å². The Morgan fingerprint density at radius 2 is 1.47 bits per heavy atom. The van der Waals surface area contributed by atoms with Gasteiger partial charge in [0.1, 0.15) is 11.5 Å². The summed E-state index contributed by atoms with van der Waals surface area (Å²) in [6, 6.07) is 23.8. The molecule has 3 rings (SSSR count). The highest BCUT2D eigenvalue weighted by molar-refractivity contribution is 8.09. The summed E-state index contributed by atoms with van der Waals surface area (Å²) in [4.78, 5) is 12.5. The van der Waals surface area contributed by atoms with Gasteiger partial charge in [-0.25, -0.2) is 0 Å². The van der Waals surface area contributed by atoms with Crippen LogP contribution < -0.4 is 14.8 Å². The molecule has 5 nitrogen and oxygen atoms in total. The van der Waals surface area contributed by atoms with E-state index in [1.807, 2.05) is 66.7 Å². The molecule has 0 fully saturated rings. The van der Waals surface area contributed by atoms with Gasteiger partial charge in [-0.3, -0.25) is 4.79 Å². The van der Waals surface area contributed by atoms with Gasteiger partial charge >= 0.3 is 5.97 Å². The molecule has 0 spiro atoms. The normalized spacial score (nSPS) is 12.6. The van der Waals surface area contributed by atoms with Gasteiger partial charge in [0.15, 0.2) is 0 Å². The van der Waals surface area contributed by atoms with E-state index >= 15 is 0 Å². The first-order valence-corrected chi connectivity index (χ1v) is 13.1. The van der Waals surface area contributed by atoms with Gasteiger partial charge < -0.3 is 18.8 Å². The first-order valence-electron chi connectivity index (χ1n) is 10.4. The molecule has 7 heteroatoms. The van der Waals surface area contributed by atoms with Crippen LogP contribution in [0.4, 0.5) is 0 Å². The smallest absolute Gasteiger partial charge is 0.315 e. The molecule has 0 radical (unpaired) electrons. The van der Waals surface area contributed by atoms with Crippen molar-refractivity contribution in [1.29, 1.82) is 0 Å². The van der Waals surface area contributed by atoms with Crippen LogP contribution in [0, 0.1) is 11.6 Å². The minimum Gasteiger partial charge on any atom is -0.497 e. The minimum atomic E-state index is -3.32. The molecule has 0 amide bonds. The van der Waals surface area contributed by atoms with Crippen molar-refractivity contribution in [3.05, 3.63) is 95.8 Å². The summed E-state index contributed by atoms with van der Waals surface area (Å²) < 4.78 is 29.5. The highest BCUT2D eigenvalue weighted by atomic mass is 32.2. The van der Waals surface area contributed by atoms with E-state index in [9.17, 15) is 9.36 Å². The second kappa shape index (κ2) is 12.2. The molecular formula is C27H25O5PS. The quantitative estimate of drug-likeness (QED) is 0.232. The summed E-state index contributed by atoms with van der Waals surface area (Å²) in [5.41, 5.74) is 4.55. The molecular weight excluding hydrogens is 467 g/mol. The average molecular weight is 493 g/mol. The van der Waals surface area contributed by atoms with Gasteiger partial charge in [0, 0.05) is 21.6 Å². The molecule has 0 aliphatic heterocycles. The maximum atomic E-state index is 14.3. The summed E-state index contributed by atoms with van der Waals surface area (Å²) in [6.45, 7) is 0. The predicted molar refractivity (Wildman–Crippen MR) is 139 cm³/mol. The van der Waals surface area contributed by atoms with Crippen molar-refractivity contribution < 1.29 is 23.6 Å². The van der Waals surface area contributed by atoms with Crippen LogP contribution in [0.1, 0.15) is 11.1 Å². The first-order chi connectivity index (χ1) is 16.5. The van der Waals surface area contributed by atoms with E-state index in [1.54, 1.807) is 32.2 Å². The summed E-state index contributed by atoms with van der Waals surface area (Å²) in [5.74, 6) is 5.85. The molecule has 0 unspecified atom stereocenters. The highest BCUT2D eigenvalue weighted by Gasteiger charge is 2.22. The topological polar surface area (TPSA) is 61.8 Å². The van der Waals surface area contributed by atoms with Crippen LogP contribution in [0.15, 0.2) is 84.7 Å². The van der Waals surface area contributed by atoms with Gasteiger partial charge in [0.25, 0.3) is 0 Å². The second-order valence-electron chi connectivity index (χ2n) is 7.05. The van der Waals surface area contributed by atoms with Crippen molar-refractivity contribution in [3.8, 4) is 23.1 Å². The Morgan fingerprint density at radius 3 is 2.03 bits per heavy atom. The average Bonchev–Trinajstić information content (AvgIpc) is 2.90. The summed E-state index contributed by atoms with van der Waals surface area (Å²) in [7, 11) is 1.21. The number of benzene rings is 3. The number of hydrogen-bond donors (Lipinski definition) is 0. The summed E-state index contributed by atoms with van der Waals surface area (Å²) in [6.07, 6.45) is 0. The molecule has 0 aliphatic rings. The van der Waals surface area contributed by atoms with Crippen LogP contribution in [-0.4, -0.2) is 33.1 Å². The number of hydrogen-bond acceptors (Lipinski definition) is 6. The number of ether oxygens (including phenoxy) is 3. The number of esters is 1. The van der Waals surface area contributed by atoms with E-state index in [1.165, 1.54) is 18.9 Å². The SMILES string of the molecule is COC(=O)CS/C(=C\[P@@](=O)(C#Cc1ccc(OC)cc1)c1ccccc1)c1ccc(OC)cc1. The summed E-state index contributed by atoms with van der Waals surface area (Å²) >= 11 is 1.26. The van der Waals surface area contributed by atoms with Crippen molar-refractivity contribution in [2.45, 2.75) is 0 Å². The molecule has 0 heterocycles. The maximum Gasteiger partial charge on any atom is 0.315 e. The number of thioether (sulfide) groups is 1. The lowest BCUT2D eigenvalue weighted by molar-refractivity contribution is -0.137. The van der Waals surface area contributed by atoms with Crippen molar-refractivity contribution in [2.75, 3.05) is 27.1 Å². The molecule has 0 aromatic heterocycles. The molecule has 0 saturated carbocycles. The summed E-state index contributed by atoms with van der Waals surface area (Å²) in [5, 5.41) is 0.612. The Morgan fingerprint density at radius 1 is 0.882 bits per heavy atom. The lowest BCUT2D eigenvalue weighted by atomic mass is 10.2. The van der Waals surface area contributed by atoms with Crippen molar-refractivity contribution >= 4 is 35.1 Å². The Kier molecular flexibility index (Phi) is 9.04. The van der Waals surface area contributed by atoms with Crippen LogP contribution in [0.25, 0.3) is 4.91 Å². The number of rotatable bonds is 8. The Bertz CT molecular complexity index is 1240. The fraction of sp³-hybridized carbons (Fsp3) is 0.148. The van der Waals surface area contributed by atoms with Crippen LogP contribution in [0.3, 0.4) is 0 Å². The van der Waals surface area contributed by atoms with Gasteiger partial charge in [-0.2, -0.15) is 0 Å². The third-order valence-corrected chi connectivity index (χ3v) is 8.19. The molecule has 0 saturated heterocycles. The van der Waals surface area contributed by atoms with E-state index < -0.39 is 7.14 Å². The van der Waals surface area contributed by atoms with Crippen LogP contribution in [0.2, 0.25) is 0 Å². The van der Waals surface area contributed by atoms with Crippen molar-refractivity contribution in [2.24, 2.45) is 0 Å². The minimum absolute atomic E-state index is 0.0784. The lowest BCUT2D eigenvalue weighted by Gasteiger charge is -2.13. The third kappa shape index (κ3) is 6.81. The number of carbonyl (C=O) groups is 1. The van der Waals surface area contributed by atoms with Crippen LogP contribution in [0.5, 0.6) is 11.5 Å². The molecule has 34 heavy (non-hydrogen) atoms. The monoisotopic (exact) mass is 492 g/mol. The van der Waals surface area contributed by atoms with Gasteiger partial charge in [0.05, 0.1) is 27.1 Å². The predicted octanol–water partition coefficient (Wildman–Crippen LogP) is 5.61. The molecule has 0 aliphatic carbocycles. The molecule has 0 N–H and O–H groups in total. The Labute approximate surface area is 204 Å². The molecule has 1 atom stereocenters. The zero-order valence-corrected chi connectivity index (χ0v) is 20.9. The Balaban J connectivity index is 2.10. The lowest BCUT2D eigenvalue weighted by Crippen LogP contribution is -2.04. The van der Waals surface area contributed by atoms with E-state index in [4.69, 9.17) is 14.2 Å². The fourth-order valence-electron chi connectivity index (χ4n) is 2.95. The zero-order chi connectivity index (χ0) is 24.4. The van der Waals surface area contributed by atoms with E-state index in [2.05, 4.69) is 11.6 Å². The van der Waals surface area contributed by atoms with E-state index in [0.717, 1.165) is 16.9 Å². The van der Waals surface area contributed by atoms with Gasteiger partial charge in [-0.15, -0.1) is 11.8 Å². The van der Waals surface area contributed by atoms with Crippen LogP contribution >= 0.6 is 18.9 Å². The third-order valence-electron chi connectivity index (χ3n) is 4.84. The molecule has 174 valence electrons. The first kappa shape index (κ1) is 25.2. The highest BCUT2D eigenvalue weighted by Crippen LogP contribution is 2.49. The maximum absolute atomic E-state index is 14.3. The number of carbonyl (C=O) groups excluding carboxylic acids is 1. The zero-order valence-electron chi connectivity index (χ0n) is 19.2. The van der Waals surface area contributed by atoms with Crippen LogP contribution in [-0.2, 0) is 14.1 Å². The molecule has 3 aromatic carbocycles. The molecule has 3 aromatic rings. The fourth-order valence-corrected chi connectivity index (χ4v) is 6.12. The standard InChI is InChI=1S/C27H25O5PS/c1-30-23-13-9-21(10-14-23)17-18-33(29,25-7-5-4-6-8-25)19-26(34-20-27(28)32-3)22-11-15-24(31-2)16-12-22/h4-16,19H,20H2,1-3H3/b26-19-/t33-/m0/s1. The van der Waals surface area contributed by atoms with Gasteiger partial charge in [-0.05, 0) is 47.6 Å². The largest absolute Gasteiger partial charge is 0.497 e. The second-order valence-corrected chi connectivity index (χ2v) is 10.4. The number of methoxy groups -OCH3 is 3. The van der Waals surface area contributed by atoms with E-state index in [0.29, 0.717) is 16.0 Å². The van der Waals surface area contributed by atoms with Crippen molar-refractivity contribution in [1.82, 2.24) is 0 Å². The van der Waals surface area contributed by atoms with Gasteiger partial charge in [-0.1, -0.05) is 48.4 Å².